The maximum absolute atomic E-state index is 12.2. The fraction of sp³-hybridized carbons (Fsp3) is 0.116. The molecule has 0 aliphatic carbocycles. The van der Waals surface area contributed by atoms with Crippen molar-refractivity contribution in [1.29, 1.82) is 0 Å². The molecule has 0 atom stereocenters. The van der Waals surface area contributed by atoms with E-state index in [1.807, 2.05) is 56.3 Å². The number of fused-ring (bicyclic) bond motifs is 2. The number of aromatic hydroxyl groups is 2. The SMILES string of the molecule is Cc1cc(C(c2ccccc2)c2cc(C)c(N=Nc3c(O)c(S(=O)(=O)O)cc4cc(S(=O)(=O)O)ccc34)cc2C)c(C)cc1N=Nc1c(O)c(S(=O)(=O)O)cc2cc(S(=O)(=O)O)ccc12. The van der Waals surface area contributed by atoms with Crippen molar-refractivity contribution in [1.82, 2.24) is 0 Å². The Bertz CT molecular complexity index is 3450. The second kappa shape index (κ2) is 16.8. The summed E-state index contributed by atoms with van der Waals surface area (Å²) in [4.78, 5) is -3.07. The molecule has 0 fully saturated rings. The summed E-state index contributed by atoms with van der Waals surface area (Å²) in [6, 6.07) is 24.8. The van der Waals surface area contributed by atoms with Gasteiger partial charge in [-0.15, -0.1) is 10.2 Å². The van der Waals surface area contributed by atoms with E-state index in [2.05, 4.69) is 20.5 Å². The zero-order valence-corrected chi connectivity index (χ0v) is 37.5. The van der Waals surface area contributed by atoms with Crippen LogP contribution in [0.4, 0.5) is 22.7 Å². The van der Waals surface area contributed by atoms with Crippen molar-refractivity contribution in [2.24, 2.45) is 20.5 Å². The molecule has 0 saturated heterocycles. The third kappa shape index (κ3) is 9.37. The molecule has 0 aromatic heterocycles. The van der Waals surface area contributed by atoms with Gasteiger partial charge in [0.05, 0.1) is 21.2 Å². The van der Waals surface area contributed by atoms with Crippen LogP contribution >= 0.6 is 0 Å². The van der Waals surface area contributed by atoms with Gasteiger partial charge < -0.3 is 10.2 Å². The summed E-state index contributed by atoms with van der Waals surface area (Å²) in [5.74, 6) is -2.30. The molecule has 0 radical (unpaired) electrons. The Labute approximate surface area is 372 Å². The molecule has 0 heterocycles. The summed E-state index contributed by atoms with van der Waals surface area (Å²) in [5, 5.41) is 38.9. The molecule has 18 nitrogen and oxygen atoms in total. The lowest BCUT2D eigenvalue weighted by Crippen LogP contribution is -2.08. The number of aryl methyl sites for hydroxylation is 4. The van der Waals surface area contributed by atoms with E-state index in [0.717, 1.165) is 64.2 Å². The van der Waals surface area contributed by atoms with Crippen LogP contribution in [0, 0.1) is 27.7 Å². The molecule has 22 heteroatoms. The van der Waals surface area contributed by atoms with Crippen LogP contribution in [0.2, 0.25) is 0 Å². The molecular weight excluding hydrogens is 925 g/mol. The summed E-state index contributed by atoms with van der Waals surface area (Å²) < 4.78 is 135. The van der Waals surface area contributed by atoms with E-state index in [4.69, 9.17) is 0 Å². The predicted molar refractivity (Wildman–Crippen MR) is 238 cm³/mol. The van der Waals surface area contributed by atoms with E-state index < -0.39 is 88.8 Å². The second-order valence-corrected chi connectivity index (χ2v) is 20.7. The standard InChI is InChI=1S/C43H36N4O14S4/c1-22-16-35(44-46-40-31-12-10-29(62(50,51)52)18-27(31)20-37(42(40)48)64(56,57)58)24(3)14-33(22)39(26-8-6-5-7-9-26)34-15-25(4)36(17-23(34)2)45-47-41-32-13-11-30(63(53,54)55)19-28(32)21-38(43(41)49)65(59,60)61/h5-21,39,48-49H,1-4H3,(H,50,51,52)(H,53,54,55)(H,56,57,58)(H,59,60,61). The molecule has 0 aliphatic heterocycles. The number of hydrogen-bond acceptors (Lipinski definition) is 14. The molecule has 6 N–H and O–H groups in total. The molecule has 336 valence electrons. The molecule has 0 bridgehead atoms. The smallest absolute Gasteiger partial charge is 0.298 e. The number of rotatable bonds is 11. The fourth-order valence-electron chi connectivity index (χ4n) is 7.44. The summed E-state index contributed by atoms with van der Waals surface area (Å²) in [6.45, 7) is 7.19. The molecule has 0 unspecified atom stereocenters. The van der Waals surface area contributed by atoms with E-state index in [-0.39, 0.29) is 21.5 Å². The molecule has 0 spiro atoms. The Hall–Kier alpha value is -6.50. The Morgan fingerprint density at radius 2 is 0.815 bits per heavy atom. The zero-order valence-electron chi connectivity index (χ0n) is 34.3. The van der Waals surface area contributed by atoms with Gasteiger partial charge in [-0.2, -0.15) is 43.9 Å². The van der Waals surface area contributed by atoms with Gasteiger partial charge in [0.15, 0.2) is 11.5 Å². The van der Waals surface area contributed by atoms with Crippen LogP contribution < -0.4 is 0 Å². The Kier molecular flexibility index (Phi) is 12.0. The van der Waals surface area contributed by atoms with E-state index in [1.54, 1.807) is 26.0 Å². The zero-order chi connectivity index (χ0) is 47.6. The molecule has 0 aliphatic rings. The van der Waals surface area contributed by atoms with E-state index in [9.17, 15) is 62.1 Å². The van der Waals surface area contributed by atoms with Crippen molar-refractivity contribution < 1.29 is 62.1 Å². The fourth-order valence-corrected chi connectivity index (χ4v) is 9.71. The third-order valence-corrected chi connectivity index (χ3v) is 14.1. The lowest BCUT2D eigenvalue weighted by atomic mass is 9.80. The van der Waals surface area contributed by atoms with Crippen molar-refractivity contribution in [3.05, 3.63) is 142 Å². The largest absolute Gasteiger partial charge is 0.504 e. The predicted octanol–water partition coefficient (Wildman–Crippen LogP) is 9.64. The van der Waals surface area contributed by atoms with Gasteiger partial charge in [0.1, 0.15) is 21.2 Å². The van der Waals surface area contributed by atoms with Gasteiger partial charge in [0.25, 0.3) is 40.5 Å². The first kappa shape index (κ1) is 46.5. The second-order valence-electron chi connectivity index (χ2n) is 15.0. The van der Waals surface area contributed by atoms with E-state index >= 15 is 0 Å². The average Bonchev–Trinajstić information content (AvgIpc) is 3.21. The number of hydrogen-bond donors (Lipinski definition) is 6. The summed E-state index contributed by atoms with van der Waals surface area (Å²) in [5.41, 5.74) is 5.06. The maximum Gasteiger partial charge on any atom is 0.298 e. The number of azo groups is 2. The monoisotopic (exact) mass is 960 g/mol. The van der Waals surface area contributed by atoms with Crippen LogP contribution in [0.3, 0.4) is 0 Å². The van der Waals surface area contributed by atoms with Gasteiger partial charge in [-0.3, -0.25) is 18.2 Å². The highest BCUT2D eigenvalue weighted by atomic mass is 32.2. The van der Waals surface area contributed by atoms with Gasteiger partial charge >= 0.3 is 0 Å². The highest BCUT2D eigenvalue weighted by Gasteiger charge is 2.26. The maximum atomic E-state index is 12.2. The van der Waals surface area contributed by atoms with Crippen molar-refractivity contribution in [3.8, 4) is 11.5 Å². The Morgan fingerprint density at radius 3 is 1.17 bits per heavy atom. The van der Waals surface area contributed by atoms with Crippen LogP contribution in [-0.4, -0.2) is 62.1 Å². The van der Waals surface area contributed by atoms with Crippen LogP contribution in [0.25, 0.3) is 21.5 Å². The van der Waals surface area contributed by atoms with E-state index in [0.29, 0.717) is 22.5 Å². The first-order chi connectivity index (χ1) is 30.2. The Morgan fingerprint density at radius 1 is 0.431 bits per heavy atom. The lowest BCUT2D eigenvalue weighted by Gasteiger charge is -2.24. The number of phenolic OH excluding ortho intramolecular Hbond substituents is 2. The van der Waals surface area contributed by atoms with Crippen molar-refractivity contribution >= 4 is 84.8 Å². The molecule has 0 amide bonds. The normalized spacial score (nSPS) is 13.4. The summed E-state index contributed by atoms with van der Waals surface area (Å²) in [6.07, 6.45) is 0. The van der Waals surface area contributed by atoms with Gasteiger partial charge in [-0.05, 0) is 126 Å². The minimum absolute atomic E-state index is 0.0565. The van der Waals surface area contributed by atoms with Gasteiger partial charge in [0, 0.05) is 16.7 Å². The lowest BCUT2D eigenvalue weighted by molar-refractivity contribution is 0.443. The van der Waals surface area contributed by atoms with Crippen molar-refractivity contribution in [2.75, 3.05) is 0 Å². The summed E-state index contributed by atoms with van der Waals surface area (Å²) in [7, 11) is -19.5. The Balaban J connectivity index is 1.31. The van der Waals surface area contributed by atoms with Crippen LogP contribution in [0.15, 0.2) is 143 Å². The minimum Gasteiger partial charge on any atom is -0.504 e. The average molecular weight is 961 g/mol. The number of nitrogens with zero attached hydrogens (tertiary/aromatic N) is 4. The first-order valence-electron chi connectivity index (χ1n) is 18.8. The first-order valence-corrected chi connectivity index (χ1v) is 24.6. The van der Waals surface area contributed by atoms with Gasteiger partial charge in [-0.1, -0.05) is 54.6 Å². The van der Waals surface area contributed by atoms with Crippen molar-refractivity contribution in [2.45, 2.75) is 53.2 Å². The highest BCUT2D eigenvalue weighted by Crippen LogP contribution is 2.45. The highest BCUT2D eigenvalue weighted by molar-refractivity contribution is 7.86. The van der Waals surface area contributed by atoms with Gasteiger partial charge in [-0.25, -0.2) is 0 Å². The minimum atomic E-state index is -5.05. The third-order valence-electron chi connectivity index (χ3n) is 10.6. The summed E-state index contributed by atoms with van der Waals surface area (Å²) >= 11 is 0. The topological polar surface area (TPSA) is 307 Å². The van der Waals surface area contributed by atoms with Crippen LogP contribution in [0.1, 0.15) is 44.9 Å². The number of benzene rings is 7. The molecule has 7 rings (SSSR count). The van der Waals surface area contributed by atoms with Crippen LogP contribution in [-0.2, 0) is 40.5 Å². The van der Waals surface area contributed by atoms with E-state index in [1.165, 1.54) is 12.1 Å². The van der Waals surface area contributed by atoms with Gasteiger partial charge in [0.2, 0.25) is 0 Å². The molecule has 0 saturated carbocycles. The molecule has 7 aromatic carbocycles. The number of phenols is 2. The molecular formula is C43H36N4O14S4. The molecule has 7 aromatic rings. The van der Waals surface area contributed by atoms with Crippen LogP contribution in [0.5, 0.6) is 11.5 Å². The van der Waals surface area contributed by atoms with Crippen molar-refractivity contribution in [3.63, 3.8) is 0 Å². The quantitative estimate of drug-likeness (QED) is 0.0399. The molecule has 65 heavy (non-hydrogen) atoms.